The first-order chi connectivity index (χ1) is 12.6. The van der Waals surface area contributed by atoms with Crippen LogP contribution in [-0.2, 0) is 4.74 Å². The van der Waals surface area contributed by atoms with Crippen molar-refractivity contribution in [1.82, 2.24) is 4.90 Å². The molecule has 0 amide bonds. The SMILES string of the molecule is Cc1ccc2cc(C(C)C)c(O)cc2c1OCCCCN1CCOCC1. The molecule has 2 aromatic carbocycles. The quantitative estimate of drug-likeness (QED) is 0.743. The van der Waals surface area contributed by atoms with Crippen LogP contribution in [0.15, 0.2) is 24.3 Å². The summed E-state index contributed by atoms with van der Waals surface area (Å²) in [7, 11) is 0. The first-order valence-corrected chi connectivity index (χ1v) is 9.75. The highest BCUT2D eigenvalue weighted by Crippen LogP contribution is 2.36. The first-order valence-electron chi connectivity index (χ1n) is 9.75. The van der Waals surface area contributed by atoms with Crippen LogP contribution in [0, 0.1) is 6.92 Å². The third-order valence-electron chi connectivity index (χ3n) is 5.16. The molecular weight excluding hydrogens is 326 g/mol. The highest BCUT2D eigenvalue weighted by atomic mass is 16.5. The topological polar surface area (TPSA) is 41.9 Å². The second-order valence-corrected chi connectivity index (χ2v) is 7.51. The lowest BCUT2D eigenvalue weighted by Gasteiger charge is -2.26. The van der Waals surface area contributed by atoms with Gasteiger partial charge in [-0.25, -0.2) is 0 Å². The number of rotatable bonds is 7. The summed E-state index contributed by atoms with van der Waals surface area (Å²) in [6.07, 6.45) is 2.16. The van der Waals surface area contributed by atoms with Crippen molar-refractivity contribution in [1.29, 1.82) is 0 Å². The van der Waals surface area contributed by atoms with Crippen molar-refractivity contribution in [3.63, 3.8) is 0 Å². The first kappa shape index (κ1) is 19.0. The highest BCUT2D eigenvalue weighted by molar-refractivity contribution is 5.91. The van der Waals surface area contributed by atoms with E-state index in [0.717, 1.165) is 73.3 Å². The Hall–Kier alpha value is -1.78. The summed E-state index contributed by atoms with van der Waals surface area (Å²) in [4.78, 5) is 2.46. The van der Waals surface area contributed by atoms with Gasteiger partial charge in [0.2, 0.25) is 0 Å². The van der Waals surface area contributed by atoms with Crippen LogP contribution in [0.25, 0.3) is 10.8 Å². The van der Waals surface area contributed by atoms with E-state index >= 15 is 0 Å². The number of unbranched alkanes of at least 4 members (excludes halogenated alkanes) is 1. The van der Waals surface area contributed by atoms with Crippen molar-refractivity contribution in [2.75, 3.05) is 39.5 Å². The summed E-state index contributed by atoms with van der Waals surface area (Å²) in [6, 6.07) is 8.16. The molecule has 3 rings (SSSR count). The zero-order valence-electron chi connectivity index (χ0n) is 16.3. The molecule has 142 valence electrons. The molecule has 0 atom stereocenters. The summed E-state index contributed by atoms with van der Waals surface area (Å²) in [5, 5.41) is 12.5. The van der Waals surface area contributed by atoms with Crippen LogP contribution in [0.1, 0.15) is 43.7 Å². The second kappa shape index (κ2) is 8.74. The van der Waals surface area contributed by atoms with Gasteiger partial charge in [-0.1, -0.05) is 26.0 Å². The Morgan fingerprint density at radius 3 is 2.65 bits per heavy atom. The number of hydrogen-bond acceptors (Lipinski definition) is 4. The number of hydrogen-bond donors (Lipinski definition) is 1. The van der Waals surface area contributed by atoms with E-state index in [1.165, 1.54) is 0 Å². The molecular formula is C22H31NO3. The Bertz CT molecular complexity index is 736. The van der Waals surface area contributed by atoms with Gasteiger partial charge in [0.1, 0.15) is 11.5 Å². The van der Waals surface area contributed by atoms with Gasteiger partial charge in [0.25, 0.3) is 0 Å². The number of phenols is 1. The predicted octanol–water partition coefficient (Wildman–Crippen LogP) is 4.47. The molecule has 0 aliphatic carbocycles. The third-order valence-corrected chi connectivity index (χ3v) is 5.16. The molecule has 1 aliphatic heterocycles. The second-order valence-electron chi connectivity index (χ2n) is 7.51. The van der Waals surface area contributed by atoms with Gasteiger partial charge in [-0.05, 0) is 60.9 Å². The van der Waals surface area contributed by atoms with Crippen LogP contribution in [-0.4, -0.2) is 49.5 Å². The van der Waals surface area contributed by atoms with Crippen molar-refractivity contribution in [2.24, 2.45) is 0 Å². The Morgan fingerprint density at radius 1 is 1.15 bits per heavy atom. The fraction of sp³-hybridized carbons (Fsp3) is 0.545. The summed E-state index contributed by atoms with van der Waals surface area (Å²) < 4.78 is 11.5. The lowest BCUT2D eigenvalue weighted by Crippen LogP contribution is -2.36. The number of nitrogens with zero attached hydrogens (tertiary/aromatic N) is 1. The third kappa shape index (κ3) is 4.49. The highest BCUT2D eigenvalue weighted by Gasteiger charge is 2.13. The molecule has 26 heavy (non-hydrogen) atoms. The molecule has 1 aliphatic rings. The maximum absolute atomic E-state index is 10.4. The molecule has 0 bridgehead atoms. The Kier molecular flexibility index (Phi) is 6.38. The van der Waals surface area contributed by atoms with Crippen molar-refractivity contribution < 1.29 is 14.6 Å². The fourth-order valence-corrected chi connectivity index (χ4v) is 3.55. The van der Waals surface area contributed by atoms with Crippen molar-refractivity contribution in [3.8, 4) is 11.5 Å². The maximum Gasteiger partial charge on any atom is 0.130 e. The van der Waals surface area contributed by atoms with Crippen LogP contribution < -0.4 is 4.74 Å². The minimum atomic E-state index is 0.297. The normalized spacial score (nSPS) is 15.7. The molecule has 1 N–H and O–H groups in total. The van der Waals surface area contributed by atoms with E-state index in [1.54, 1.807) is 0 Å². The molecule has 0 aromatic heterocycles. The van der Waals surface area contributed by atoms with Gasteiger partial charge >= 0.3 is 0 Å². The molecule has 1 fully saturated rings. The van der Waals surface area contributed by atoms with Gasteiger partial charge < -0.3 is 14.6 Å². The molecule has 0 unspecified atom stereocenters. The van der Waals surface area contributed by atoms with E-state index in [0.29, 0.717) is 18.3 Å². The number of aromatic hydroxyl groups is 1. The number of aryl methyl sites for hydroxylation is 1. The minimum Gasteiger partial charge on any atom is -0.508 e. The Balaban J connectivity index is 1.63. The lowest BCUT2D eigenvalue weighted by molar-refractivity contribution is 0.0368. The summed E-state index contributed by atoms with van der Waals surface area (Å²) in [5.41, 5.74) is 2.10. The van der Waals surface area contributed by atoms with Gasteiger partial charge in [0, 0.05) is 18.5 Å². The maximum atomic E-state index is 10.4. The molecule has 2 aromatic rings. The summed E-state index contributed by atoms with van der Waals surface area (Å²) >= 11 is 0. The summed E-state index contributed by atoms with van der Waals surface area (Å²) in [6.45, 7) is 11.9. The largest absolute Gasteiger partial charge is 0.508 e. The number of phenolic OH excluding ortho intramolecular Hbond substituents is 1. The number of benzene rings is 2. The molecule has 0 spiro atoms. The lowest BCUT2D eigenvalue weighted by atomic mass is 9.96. The van der Waals surface area contributed by atoms with E-state index in [1.807, 2.05) is 6.07 Å². The average Bonchev–Trinajstić information content (AvgIpc) is 2.63. The van der Waals surface area contributed by atoms with Crippen LogP contribution >= 0.6 is 0 Å². The average molecular weight is 357 g/mol. The number of morpholine rings is 1. The van der Waals surface area contributed by atoms with Gasteiger partial charge in [-0.2, -0.15) is 0 Å². The molecule has 1 saturated heterocycles. The predicted molar refractivity (Wildman–Crippen MR) is 106 cm³/mol. The van der Waals surface area contributed by atoms with E-state index < -0.39 is 0 Å². The molecule has 0 saturated carbocycles. The molecule has 4 heteroatoms. The Morgan fingerprint density at radius 2 is 1.92 bits per heavy atom. The molecule has 0 radical (unpaired) electrons. The minimum absolute atomic E-state index is 0.297. The molecule has 1 heterocycles. The van der Waals surface area contributed by atoms with E-state index in [2.05, 4.69) is 43.9 Å². The van der Waals surface area contributed by atoms with Crippen LogP contribution in [0.4, 0.5) is 0 Å². The van der Waals surface area contributed by atoms with E-state index in [4.69, 9.17) is 9.47 Å². The smallest absolute Gasteiger partial charge is 0.130 e. The monoisotopic (exact) mass is 357 g/mol. The summed E-state index contributed by atoms with van der Waals surface area (Å²) in [5.74, 6) is 1.56. The van der Waals surface area contributed by atoms with E-state index in [9.17, 15) is 5.11 Å². The van der Waals surface area contributed by atoms with Gasteiger partial charge in [-0.15, -0.1) is 0 Å². The van der Waals surface area contributed by atoms with Crippen LogP contribution in [0.2, 0.25) is 0 Å². The van der Waals surface area contributed by atoms with Crippen molar-refractivity contribution in [3.05, 3.63) is 35.4 Å². The number of ether oxygens (including phenoxy) is 2. The zero-order valence-corrected chi connectivity index (χ0v) is 16.3. The Labute approximate surface area is 156 Å². The van der Waals surface area contributed by atoms with Crippen molar-refractivity contribution >= 4 is 10.8 Å². The fourth-order valence-electron chi connectivity index (χ4n) is 3.55. The zero-order chi connectivity index (χ0) is 18.5. The number of fused-ring (bicyclic) bond motifs is 1. The van der Waals surface area contributed by atoms with Crippen LogP contribution in [0.5, 0.6) is 11.5 Å². The van der Waals surface area contributed by atoms with Crippen molar-refractivity contribution in [2.45, 2.75) is 39.5 Å². The van der Waals surface area contributed by atoms with Gasteiger partial charge in [0.15, 0.2) is 0 Å². The molecule has 4 nitrogen and oxygen atoms in total. The van der Waals surface area contributed by atoms with Gasteiger partial charge in [0.05, 0.1) is 19.8 Å². The van der Waals surface area contributed by atoms with E-state index in [-0.39, 0.29) is 0 Å². The standard InChI is InChI=1S/C22H31NO3/c1-16(2)19-14-18-7-6-17(3)22(20(18)15-21(19)24)26-11-5-4-8-23-9-12-25-13-10-23/h6-7,14-16,24H,4-5,8-13H2,1-3H3. The van der Waals surface area contributed by atoms with Crippen LogP contribution in [0.3, 0.4) is 0 Å². The van der Waals surface area contributed by atoms with Gasteiger partial charge in [-0.3, -0.25) is 4.90 Å².